The van der Waals surface area contributed by atoms with E-state index in [2.05, 4.69) is 15.3 Å². The Morgan fingerprint density at radius 3 is 2.37 bits per heavy atom. The first-order valence-corrected chi connectivity index (χ1v) is 9.59. The van der Waals surface area contributed by atoms with E-state index in [1.165, 1.54) is 6.33 Å². The van der Waals surface area contributed by atoms with Gasteiger partial charge in [-0.1, -0.05) is 30.3 Å². The van der Waals surface area contributed by atoms with Crippen LogP contribution in [0.25, 0.3) is 10.9 Å². The van der Waals surface area contributed by atoms with Gasteiger partial charge in [0.25, 0.3) is 0 Å². The fourth-order valence-electron chi connectivity index (χ4n) is 3.22. The molecule has 0 aliphatic rings. The molecule has 0 saturated heterocycles. The maximum atomic E-state index is 5.92. The van der Waals surface area contributed by atoms with Gasteiger partial charge in [-0.05, 0) is 42.3 Å². The molecular formula is C24H23N3O3. The highest BCUT2D eigenvalue weighted by molar-refractivity contribution is 5.93. The normalized spacial score (nSPS) is 10.6. The third-order valence-corrected chi connectivity index (χ3v) is 4.84. The summed E-state index contributed by atoms with van der Waals surface area (Å²) in [5.74, 6) is 2.78. The predicted octanol–water partition coefficient (Wildman–Crippen LogP) is 5.28. The number of benzene rings is 3. The van der Waals surface area contributed by atoms with E-state index >= 15 is 0 Å². The number of nitrogens with zero attached hydrogens (tertiary/aromatic N) is 2. The number of hydrogen-bond acceptors (Lipinski definition) is 6. The first-order valence-electron chi connectivity index (χ1n) is 9.59. The monoisotopic (exact) mass is 401 g/mol. The van der Waals surface area contributed by atoms with Crippen molar-refractivity contribution < 1.29 is 14.2 Å². The van der Waals surface area contributed by atoms with E-state index in [0.29, 0.717) is 23.9 Å². The van der Waals surface area contributed by atoms with Gasteiger partial charge < -0.3 is 19.5 Å². The molecule has 0 spiro atoms. The number of aryl methyl sites for hydroxylation is 1. The van der Waals surface area contributed by atoms with Crippen molar-refractivity contribution in [2.45, 2.75) is 13.5 Å². The molecule has 0 fully saturated rings. The first kappa shape index (κ1) is 19.5. The van der Waals surface area contributed by atoms with Crippen molar-refractivity contribution in [3.8, 4) is 17.2 Å². The lowest BCUT2D eigenvalue weighted by Crippen LogP contribution is -2.00. The van der Waals surface area contributed by atoms with E-state index < -0.39 is 0 Å². The zero-order chi connectivity index (χ0) is 20.9. The summed E-state index contributed by atoms with van der Waals surface area (Å²) in [5.41, 5.74) is 3.89. The van der Waals surface area contributed by atoms with Crippen molar-refractivity contribution in [1.29, 1.82) is 0 Å². The highest BCUT2D eigenvalue weighted by Crippen LogP contribution is 2.35. The molecular weight excluding hydrogens is 378 g/mol. The van der Waals surface area contributed by atoms with Crippen LogP contribution < -0.4 is 19.5 Å². The smallest absolute Gasteiger partial charge is 0.162 e. The summed E-state index contributed by atoms with van der Waals surface area (Å²) in [6.45, 7) is 2.57. The molecule has 152 valence electrons. The number of ether oxygens (including phenoxy) is 3. The van der Waals surface area contributed by atoms with E-state index in [9.17, 15) is 0 Å². The maximum Gasteiger partial charge on any atom is 0.162 e. The Balaban J connectivity index is 1.57. The SMILES string of the molecule is COc1cc2ncnc(Nc3ccc(OCc4ccccc4)cc3C)c2cc1OC. The second-order valence-electron chi connectivity index (χ2n) is 6.82. The van der Waals surface area contributed by atoms with Gasteiger partial charge in [0, 0.05) is 17.1 Å². The Bertz CT molecular complexity index is 1160. The summed E-state index contributed by atoms with van der Waals surface area (Å²) in [6.07, 6.45) is 1.53. The van der Waals surface area contributed by atoms with Crippen molar-refractivity contribution in [2.75, 3.05) is 19.5 Å². The van der Waals surface area contributed by atoms with Gasteiger partial charge in [0.2, 0.25) is 0 Å². The van der Waals surface area contributed by atoms with E-state index in [4.69, 9.17) is 14.2 Å². The molecule has 0 aliphatic heterocycles. The summed E-state index contributed by atoms with van der Waals surface area (Å²) in [7, 11) is 3.22. The van der Waals surface area contributed by atoms with Crippen LogP contribution >= 0.6 is 0 Å². The highest BCUT2D eigenvalue weighted by Gasteiger charge is 2.12. The fraction of sp³-hybridized carbons (Fsp3) is 0.167. The largest absolute Gasteiger partial charge is 0.493 e. The molecule has 1 aromatic heterocycles. The molecule has 1 heterocycles. The Morgan fingerprint density at radius 2 is 1.63 bits per heavy atom. The molecule has 1 N–H and O–H groups in total. The summed E-state index contributed by atoms with van der Waals surface area (Å²) in [5, 5.41) is 4.25. The minimum atomic E-state index is 0.533. The van der Waals surface area contributed by atoms with Crippen molar-refractivity contribution >= 4 is 22.4 Å². The van der Waals surface area contributed by atoms with Gasteiger partial charge in [0.15, 0.2) is 11.5 Å². The van der Waals surface area contributed by atoms with Crippen molar-refractivity contribution in [3.63, 3.8) is 0 Å². The molecule has 30 heavy (non-hydrogen) atoms. The van der Waals surface area contributed by atoms with Crippen LogP contribution in [-0.2, 0) is 6.61 Å². The number of methoxy groups -OCH3 is 2. The molecule has 0 saturated carbocycles. The average molecular weight is 401 g/mol. The van der Waals surface area contributed by atoms with Crippen LogP contribution in [0.5, 0.6) is 17.2 Å². The van der Waals surface area contributed by atoms with Gasteiger partial charge in [-0.25, -0.2) is 9.97 Å². The van der Waals surface area contributed by atoms with Crippen molar-refractivity contribution in [2.24, 2.45) is 0 Å². The zero-order valence-corrected chi connectivity index (χ0v) is 17.2. The molecule has 0 atom stereocenters. The fourth-order valence-corrected chi connectivity index (χ4v) is 3.22. The van der Waals surface area contributed by atoms with Gasteiger partial charge in [-0.2, -0.15) is 0 Å². The predicted molar refractivity (Wildman–Crippen MR) is 118 cm³/mol. The quantitative estimate of drug-likeness (QED) is 0.455. The lowest BCUT2D eigenvalue weighted by atomic mass is 10.1. The zero-order valence-electron chi connectivity index (χ0n) is 17.2. The average Bonchev–Trinajstić information content (AvgIpc) is 2.79. The molecule has 0 unspecified atom stereocenters. The lowest BCUT2D eigenvalue weighted by molar-refractivity contribution is 0.306. The van der Waals surface area contributed by atoms with E-state index in [-0.39, 0.29) is 0 Å². The molecule has 6 heteroatoms. The standard InChI is InChI=1S/C24H23N3O3/c1-16-11-18(30-14-17-7-5-4-6-8-17)9-10-20(16)27-24-19-12-22(28-2)23(29-3)13-21(19)25-15-26-24/h4-13,15H,14H2,1-3H3,(H,25,26,27). The summed E-state index contributed by atoms with van der Waals surface area (Å²) < 4.78 is 16.7. The van der Waals surface area contributed by atoms with Gasteiger partial charge in [-0.3, -0.25) is 0 Å². The van der Waals surface area contributed by atoms with Gasteiger partial charge in [0.1, 0.15) is 24.5 Å². The third kappa shape index (κ3) is 4.12. The van der Waals surface area contributed by atoms with Crippen molar-refractivity contribution in [3.05, 3.63) is 78.1 Å². The van der Waals surface area contributed by atoms with Crippen LogP contribution in [-0.4, -0.2) is 24.2 Å². The molecule has 0 amide bonds. The molecule has 4 aromatic rings. The van der Waals surface area contributed by atoms with Gasteiger partial charge >= 0.3 is 0 Å². The summed E-state index contributed by atoms with van der Waals surface area (Å²) in [6, 6.07) is 19.8. The molecule has 4 rings (SSSR count). The summed E-state index contributed by atoms with van der Waals surface area (Å²) in [4.78, 5) is 8.77. The first-order chi connectivity index (χ1) is 14.7. The molecule has 0 bridgehead atoms. The van der Waals surface area contributed by atoms with Crippen LogP contribution in [0, 0.1) is 6.92 Å². The number of fused-ring (bicyclic) bond motifs is 1. The second-order valence-corrected chi connectivity index (χ2v) is 6.82. The topological polar surface area (TPSA) is 65.5 Å². The maximum absolute atomic E-state index is 5.92. The Morgan fingerprint density at radius 1 is 0.867 bits per heavy atom. The molecule has 0 aliphatic carbocycles. The lowest BCUT2D eigenvalue weighted by Gasteiger charge is -2.14. The number of nitrogens with one attached hydrogen (secondary N) is 1. The Hall–Kier alpha value is -3.80. The molecule has 3 aromatic carbocycles. The third-order valence-electron chi connectivity index (χ3n) is 4.84. The van der Waals surface area contributed by atoms with Crippen LogP contribution in [0.1, 0.15) is 11.1 Å². The van der Waals surface area contributed by atoms with E-state index in [1.807, 2.05) is 67.6 Å². The van der Waals surface area contributed by atoms with Crippen LogP contribution in [0.3, 0.4) is 0 Å². The number of anilines is 2. The Labute approximate surface area is 175 Å². The van der Waals surface area contributed by atoms with Crippen LogP contribution in [0.15, 0.2) is 67.0 Å². The minimum absolute atomic E-state index is 0.533. The van der Waals surface area contributed by atoms with Crippen molar-refractivity contribution in [1.82, 2.24) is 9.97 Å². The van der Waals surface area contributed by atoms with Crippen LogP contribution in [0.4, 0.5) is 11.5 Å². The Kier molecular flexibility index (Phi) is 5.66. The number of rotatable bonds is 7. The van der Waals surface area contributed by atoms with Gasteiger partial charge in [0.05, 0.1) is 19.7 Å². The second kappa shape index (κ2) is 8.69. The van der Waals surface area contributed by atoms with E-state index in [0.717, 1.165) is 33.5 Å². The highest BCUT2D eigenvalue weighted by atomic mass is 16.5. The molecule has 0 radical (unpaired) electrons. The van der Waals surface area contributed by atoms with Crippen LogP contribution in [0.2, 0.25) is 0 Å². The minimum Gasteiger partial charge on any atom is -0.493 e. The van der Waals surface area contributed by atoms with Gasteiger partial charge in [-0.15, -0.1) is 0 Å². The molecule has 6 nitrogen and oxygen atoms in total. The number of aromatic nitrogens is 2. The summed E-state index contributed by atoms with van der Waals surface area (Å²) >= 11 is 0. The van der Waals surface area contributed by atoms with E-state index in [1.54, 1.807) is 14.2 Å². The number of hydrogen-bond donors (Lipinski definition) is 1.